The minimum absolute atomic E-state index is 0.0235. The molecule has 4 heteroatoms. The Kier molecular flexibility index (Phi) is 5.77. The highest BCUT2D eigenvalue weighted by Gasteiger charge is 2.25. The maximum Gasteiger partial charge on any atom is 0.323 e. The number of hydrogen-bond donors (Lipinski definition) is 0. The molecule has 0 aliphatic carbocycles. The molecule has 0 saturated carbocycles. The molecule has 1 saturated heterocycles. The normalized spacial score (nSPS) is 23.1. The Morgan fingerprint density at radius 3 is 2.81 bits per heavy atom. The van der Waals surface area contributed by atoms with Crippen LogP contribution >= 0.6 is 0 Å². The molecule has 1 aliphatic heterocycles. The second-order valence-electron chi connectivity index (χ2n) is 4.82. The van der Waals surface area contributed by atoms with Gasteiger partial charge in [-0.2, -0.15) is 0 Å². The zero-order valence-electron chi connectivity index (χ0n) is 10.7. The molecule has 0 amide bonds. The van der Waals surface area contributed by atoms with Crippen LogP contribution < -0.4 is 0 Å². The molecule has 16 heavy (non-hydrogen) atoms. The first kappa shape index (κ1) is 13.5. The fourth-order valence-corrected chi connectivity index (χ4v) is 1.97. The van der Waals surface area contributed by atoms with E-state index in [2.05, 4.69) is 4.90 Å². The van der Waals surface area contributed by atoms with E-state index < -0.39 is 0 Å². The fraction of sp³-hybridized carbons (Fsp3) is 0.917. The molecule has 0 N–H and O–H groups in total. The molecule has 0 spiro atoms. The first-order valence-corrected chi connectivity index (χ1v) is 6.13. The summed E-state index contributed by atoms with van der Waals surface area (Å²) in [5, 5.41) is 0. The molecular weight excluding hydrogens is 204 g/mol. The Balaban J connectivity index is 2.33. The minimum atomic E-state index is -0.0498. The van der Waals surface area contributed by atoms with Gasteiger partial charge < -0.3 is 9.64 Å². The third kappa shape index (κ3) is 4.49. The molecule has 0 radical (unpaired) electrons. The van der Waals surface area contributed by atoms with Gasteiger partial charge in [0, 0.05) is 6.54 Å². The Labute approximate surface area is 98.5 Å². The number of rotatable bonds is 4. The quantitative estimate of drug-likeness (QED) is 0.671. The minimum Gasteiger partial charge on any atom is -0.463 e. The number of carbonyl (C=O) groups excluding carboxylic acids is 1. The summed E-state index contributed by atoms with van der Waals surface area (Å²) in [5.74, 6) is -0.0498. The molecule has 0 aromatic carbocycles. The second kappa shape index (κ2) is 6.86. The van der Waals surface area contributed by atoms with Crippen LogP contribution in [0.3, 0.4) is 0 Å². The van der Waals surface area contributed by atoms with Gasteiger partial charge in [-0.25, -0.2) is 0 Å². The van der Waals surface area contributed by atoms with Crippen LogP contribution in [0.4, 0.5) is 0 Å². The topological polar surface area (TPSA) is 32.8 Å². The molecule has 1 atom stereocenters. The monoisotopic (exact) mass is 228 g/mol. The second-order valence-corrected chi connectivity index (χ2v) is 4.82. The highest BCUT2D eigenvalue weighted by molar-refractivity contribution is 5.75. The predicted octanol–water partition coefficient (Wildman–Crippen LogP) is 0.966. The van der Waals surface area contributed by atoms with Gasteiger partial charge in [0.2, 0.25) is 0 Å². The van der Waals surface area contributed by atoms with Crippen molar-refractivity contribution in [2.24, 2.45) is 0 Å². The van der Waals surface area contributed by atoms with Crippen molar-refractivity contribution >= 4 is 5.97 Å². The van der Waals surface area contributed by atoms with Crippen LogP contribution in [0.1, 0.15) is 25.7 Å². The van der Waals surface area contributed by atoms with E-state index in [1.165, 1.54) is 12.8 Å². The highest BCUT2D eigenvalue weighted by Crippen LogP contribution is 2.16. The maximum atomic E-state index is 11.9. The maximum absolute atomic E-state index is 11.9. The van der Waals surface area contributed by atoms with Gasteiger partial charge >= 0.3 is 5.97 Å². The van der Waals surface area contributed by atoms with E-state index in [9.17, 15) is 4.79 Å². The van der Waals surface area contributed by atoms with Crippen LogP contribution in [0.2, 0.25) is 0 Å². The fourth-order valence-electron chi connectivity index (χ4n) is 1.97. The summed E-state index contributed by atoms with van der Waals surface area (Å²) in [4.78, 5) is 16.0. The molecular formula is C12H24N2O2. The molecule has 0 bridgehead atoms. The summed E-state index contributed by atoms with van der Waals surface area (Å²) in [6, 6.07) is -0.0235. The summed E-state index contributed by atoms with van der Waals surface area (Å²) in [7, 11) is 5.97. The van der Waals surface area contributed by atoms with Crippen molar-refractivity contribution in [2.75, 3.05) is 40.8 Å². The van der Waals surface area contributed by atoms with Crippen molar-refractivity contribution in [3.8, 4) is 0 Å². The lowest BCUT2D eigenvalue weighted by Crippen LogP contribution is -2.39. The summed E-state index contributed by atoms with van der Waals surface area (Å²) in [5.41, 5.74) is 0. The van der Waals surface area contributed by atoms with Crippen molar-refractivity contribution < 1.29 is 9.53 Å². The van der Waals surface area contributed by atoms with Crippen LogP contribution in [0, 0.1) is 0 Å². The van der Waals surface area contributed by atoms with E-state index >= 15 is 0 Å². The number of nitrogens with zero attached hydrogens (tertiary/aromatic N) is 2. The van der Waals surface area contributed by atoms with Crippen LogP contribution in [0.15, 0.2) is 0 Å². The van der Waals surface area contributed by atoms with E-state index in [0.29, 0.717) is 6.61 Å². The van der Waals surface area contributed by atoms with Gasteiger partial charge in [-0.15, -0.1) is 0 Å². The lowest BCUT2D eigenvalue weighted by molar-refractivity contribution is -0.149. The van der Waals surface area contributed by atoms with Crippen LogP contribution in [0.25, 0.3) is 0 Å². The number of likely N-dealkylation sites (N-methyl/N-ethyl adjacent to an activating group) is 2. The van der Waals surface area contributed by atoms with E-state index in [1.54, 1.807) is 0 Å². The molecule has 1 fully saturated rings. The van der Waals surface area contributed by atoms with Crippen molar-refractivity contribution in [3.05, 3.63) is 0 Å². The molecule has 1 rings (SSSR count). The summed E-state index contributed by atoms with van der Waals surface area (Å²) in [6.45, 7) is 2.30. The van der Waals surface area contributed by atoms with Gasteiger partial charge in [-0.1, -0.05) is 12.8 Å². The SMILES string of the molecule is CN(C)CCOC(=O)[C@H]1CCCCCN1C. The summed E-state index contributed by atoms with van der Waals surface area (Å²) in [6.07, 6.45) is 4.50. The average molecular weight is 228 g/mol. The third-order valence-electron chi connectivity index (χ3n) is 3.08. The summed E-state index contributed by atoms with van der Waals surface area (Å²) >= 11 is 0. The predicted molar refractivity (Wildman–Crippen MR) is 64.4 cm³/mol. The van der Waals surface area contributed by atoms with Gasteiger partial charge in [0.15, 0.2) is 0 Å². The Hall–Kier alpha value is -0.610. The lowest BCUT2D eigenvalue weighted by atomic mass is 10.1. The molecule has 1 aliphatic rings. The zero-order valence-corrected chi connectivity index (χ0v) is 10.7. The van der Waals surface area contributed by atoms with Gasteiger partial charge in [-0.05, 0) is 40.5 Å². The van der Waals surface area contributed by atoms with Gasteiger partial charge in [0.05, 0.1) is 0 Å². The number of ether oxygens (including phenoxy) is 1. The Morgan fingerprint density at radius 1 is 1.38 bits per heavy atom. The van der Waals surface area contributed by atoms with E-state index in [1.807, 2.05) is 26.0 Å². The molecule has 0 unspecified atom stereocenters. The Bertz CT molecular complexity index is 219. The van der Waals surface area contributed by atoms with Crippen molar-refractivity contribution in [1.29, 1.82) is 0 Å². The van der Waals surface area contributed by atoms with Crippen LogP contribution in [0.5, 0.6) is 0 Å². The van der Waals surface area contributed by atoms with Gasteiger partial charge in [0.25, 0.3) is 0 Å². The number of carbonyl (C=O) groups is 1. The van der Waals surface area contributed by atoms with E-state index in [4.69, 9.17) is 4.74 Å². The van der Waals surface area contributed by atoms with Gasteiger partial charge in [-0.3, -0.25) is 9.69 Å². The van der Waals surface area contributed by atoms with Crippen LogP contribution in [-0.4, -0.2) is 62.7 Å². The average Bonchev–Trinajstić information content (AvgIpc) is 2.42. The third-order valence-corrected chi connectivity index (χ3v) is 3.08. The molecule has 0 aromatic heterocycles. The summed E-state index contributed by atoms with van der Waals surface area (Å²) < 4.78 is 5.30. The largest absolute Gasteiger partial charge is 0.463 e. The van der Waals surface area contributed by atoms with Crippen molar-refractivity contribution in [3.63, 3.8) is 0 Å². The first-order chi connectivity index (χ1) is 7.61. The smallest absolute Gasteiger partial charge is 0.323 e. The lowest BCUT2D eigenvalue weighted by Gasteiger charge is -2.24. The van der Waals surface area contributed by atoms with E-state index in [-0.39, 0.29) is 12.0 Å². The van der Waals surface area contributed by atoms with E-state index in [0.717, 1.165) is 25.9 Å². The Morgan fingerprint density at radius 2 is 2.12 bits per heavy atom. The first-order valence-electron chi connectivity index (χ1n) is 6.13. The highest BCUT2D eigenvalue weighted by atomic mass is 16.5. The molecule has 0 aromatic rings. The van der Waals surface area contributed by atoms with Crippen LogP contribution in [-0.2, 0) is 9.53 Å². The molecule has 94 valence electrons. The van der Waals surface area contributed by atoms with Crippen molar-refractivity contribution in [2.45, 2.75) is 31.7 Å². The zero-order chi connectivity index (χ0) is 12.0. The van der Waals surface area contributed by atoms with Gasteiger partial charge in [0.1, 0.15) is 12.6 Å². The standard InChI is InChI=1S/C12H24N2O2/c1-13(2)9-10-16-12(15)11-7-5-4-6-8-14(11)3/h11H,4-10H2,1-3H3/t11-/m1/s1. The number of hydrogen-bond acceptors (Lipinski definition) is 4. The number of likely N-dealkylation sites (tertiary alicyclic amines) is 1. The molecule has 4 nitrogen and oxygen atoms in total. The van der Waals surface area contributed by atoms with Crippen molar-refractivity contribution in [1.82, 2.24) is 9.80 Å². The molecule has 1 heterocycles. The number of esters is 1.